The van der Waals surface area contributed by atoms with Crippen LogP contribution in [0.1, 0.15) is 38.2 Å². The number of aliphatic hydroxyl groups excluding tert-OH is 1. The Bertz CT molecular complexity index is 508. The maximum atomic E-state index is 11.8. The maximum absolute atomic E-state index is 11.8. The molecule has 0 heterocycles. The van der Waals surface area contributed by atoms with Gasteiger partial charge in [0.1, 0.15) is 5.75 Å². The summed E-state index contributed by atoms with van der Waals surface area (Å²) < 4.78 is 5.60. The predicted molar refractivity (Wildman–Crippen MR) is 86.9 cm³/mol. The third-order valence-electron chi connectivity index (χ3n) is 3.90. The molecule has 2 atom stereocenters. The summed E-state index contributed by atoms with van der Waals surface area (Å²) in [5.41, 5.74) is 1.27. The van der Waals surface area contributed by atoms with Gasteiger partial charge < -0.3 is 15.2 Å². The number of rotatable bonds is 7. The molecule has 2 rings (SSSR count). The third-order valence-corrected chi connectivity index (χ3v) is 3.90. The molecular formula is C18H25NO3. The lowest BCUT2D eigenvalue weighted by atomic mass is 10.0. The Labute approximate surface area is 132 Å². The van der Waals surface area contributed by atoms with E-state index in [1.165, 1.54) is 5.56 Å². The summed E-state index contributed by atoms with van der Waals surface area (Å²) in [5.74, 6) is 1.44. The zero-order valence-corrected chi connectivity index (χ0v) is 13.3. The molecule has 0 unspecified atom stereocenters. The van der Waals surface area contributed by atoms with Gasteiger partial charge in [-0.2, -0.15) is 0 Å². The Morgan fingerprint density at radius 3 is 2.64 bits per heavy atom. The molecule has 4 nitrogen and oxygen atoms in total. The fourth-order valence-corrected chi connectivity index (χ4v) is 2.51. The molecule has 0 fully saturated rings. The van der Waals surface area contributed by atoms with Gasteiger partial charge in [0.25, 0.3) is 0 Å². The quantitative estimate of drug-likeness (QED) is 0.761. The van der Waals surface area contributed by atoms with Crippen LogP contribution in [0.25, 0.3) is 0 Å². The van der Waals surface area contributed by atoms with E-state index in [2.05, 4.69) is 31.3 Å². The van der Waals surface area contributed by atoms with Gasteiger partial charge >= 0.3 is 0 Å². The summed E-state index contributed by atoms with van der Waals surface area (Å²) in [4.78, 5) is 11.8. The highest BCUT2D eigenvalue weighted by atomic mass is 16.5. The summed E-state index contributed by atoms with van der Waals surface area (Å²) in [5, 5.41) is 12.0. The number of benzene rings is 1. The Hall–Kier alpha value is -1.81. The first kappa shape index (κ1) is 16.6. The van der Waals surface area contributed by atoms with Crippen molar-refractivity contribution in [2.75, 3.05) is 13.2 Å². The molecule has 1 aromatic carbocycles. The van der Waals surface area contributed by atoms with E-state index >= 15 is 0 Å². The van der Waals surface area contributed by atoms with E-state index in [4.69, 9.17) is 9.84 Å². The molecule has 1 amide bonds. The number of hydrogen-bond acceptors (Lipinski definition) is 3. The van der Waals surface area contributed by atoms with Crippen LogP contribution in [-0.2, 0) is 4.79 Å². The van der Waals surface area contributed by atoms with Crippen LogP contribution in [0.5, 0.6) is 5.75 Å². The van der Waals surface area contributed by atoms with E-state index in [-0.39, 0.29) is 24.5 Å². The standard InChI is InChI=1S/C18H25NO3/c1-13(2)15-4-7-17(8-5-15)22-10-9-18(21)19-16-6-3-14(11-16)12-20/h3-8,13-14,16,20H,9-12H2,1-2H3,(H,19,21)/t14-,16+/m0/s1. The van der Waals surface area contributed by atoms with Crippen molar-refractivity contribution < 1.29 is 14.6 Å². The van der Waals surface area contributed by atoms with Gasteiger partial charge in [-0.25, -0.2) is 0 Å². The van der Waals surface area contributed by atoms with Gasteiger partial charge in [0.05, 0.1) is 13.0 Å². The van der Waals surface area contributed by atoms with Crippen LogP contribution in [-0.4, -0.2) is 30.3 Å². The summed E-state index contributed by atoms with van der Waals surface area (Å²) in [7, 11) is 0. The first-order valence-electron chi connectivity index (χ1n) is 7.89. The lowest BCUT2D eigenvalue weighted by molar-refractivity contribution is -0.122. The van der Waals surface area contributed by atoms with E-state index in [1.807, 2.05) is 24.3 Å². The van der Waals surface area contributed by atoms with E-state index in [1.54, 1.807) is 0 Å². The SMILES string of the molecule is CC(C)c1ccc(OCCC(=O)N[C@@H]2C=C[C@H](CO)C2)cc1. The van der Waals surface area contributed by atoms with Crippen LogP contribution >= 0.6 is 0 Å². The molecule has 1 aliphatic rings. The fraction of sp³-hybridized carbons (Fsp3) is 0.500. The minimum Gasteiger partial charge on any atom is -0.493 e. The number of carbonyl (C=O) groups is 1. The van der Waals surface area contributed by atoms with Gasteiger partial charge in [0, 0.05) is 18.6 Å². The van der Waals surface area contributed by atoms with Gasteiger partial charge in [-0.3, -0.25) is 4.79 Å². The average molecular weight is 303 g/mol. The number of amides is 1. The van der Waals surface area contributed by atoms with Gasteiger partial charge in [0.2, 0.25) is 5.91 Å². The number of hydrogen-bond donors (Lipinski definition) is 2. The van der Waals surface area contributed by atoms with Gasteiger partial charge in [-0.1, -0.05) is 38.1 Å². The average Bonchev–Trinajstić information content (AvgIpc) is 2.95. The van der Waals surface area contributed by atoms with E-state index in [0.29, 0.717) is 18.9 Å². The van der Waals surface area contributed by atoms with Crippen molar-refractivity contribution in [3.63, 3.8) is 0 Å². The first-order valence-corrected chi connectivity index (χ1v) is 7.89. The van der Waals surface area contributed by atoms with Crippen molar-refractivity contribution in [1.29, 1.82) is 0 Å². The van der Waals surface area contributed by atoms with Crippen LogP contribution < -0.4 is 10.1 Å². The Kier molecular flexibility index (Phi) is 6.01. The zero-order valence-electron chi connectivity index (χ0n) is 13.3. The minimum atomic E-state index is -0.0213. The second-order valence-electron chi connectivity index (χ2n) is 6.06. The molecule has 120 valence electrons. The Morgan fingerprint density at radius 2 is 2.05 bits per heavy atom. The molecule has 0 saturated heterocycles. The normalized spacial score (nSPS) is 20.4. The van der Waals surface area contributed by atoms with Crippen LogP contribution in [0, 0.1) is 5.92 Å². The van der Waals surface area contributed by atoms with E-state index in [9.17, 15) is 4.79 Å². The molecule has 0 aromatic heterocycles. The van der Waals surface area contributed by atoms with E-state index < -0.39 is 0 Å². The summed E-state index contributed by atoms with van der Waals surface area (Å²) in [6, 6.07) is 8.03. The van der Waals surface area contributed by atoms with Gasteiger partial charge in [-0.05, 0) is 30.0 Å². The lowest BCUT2D eigenvalue weighted by Crippen LogP contribution is -2.33. The summed E-state index contributed by atoms with van der Waals surface area (Å²) in [6.45, 7) is 4.81. The molecule has 0 radical (unpaired) electrons. The summed E-state index contributed by atoms with van der Waals surface area (Å²) >= 11 is 0. The van der Waals surface area contributed by atoms with Crippen molar-refractivity contribution in [1.82, 2.24) is 5.32 Å². The Morgan fingerprint density at radius 1 is 1.32 bits per heavy atom. The smallest absolute Gasteiger partial charge is 0.223 e. The molecule has 22 heavy (non-hydrogen) atoms. The molecule has 0 aliphatic heterocycles. The second-order valence-corrected chi connectivity index (χ2v) is 6.06. The van der Waals surface area contributed by atoms with Crippen molar-refractivity contribution in [2.45, 2.75) is 38.6 Å². The third kappa shape index (κ3) is 4.88. The van der Waals surface area contributed by atoms with Crippen molar-refractivity contribution >= 4 is 5.91 Å². The van der Waals surface area contributed by atoms with Gasteiger partial charge in [0.15, 0.2) is 0 Å². The summed E-state index contributed by atoms with van der Waals surface area (Å²) in [6.07, 6.45) is 5.02. The zero-order chi connectivity index (χ0) is 15.9. The van der Waals surface area contributed by atoms with Crippen LogP contribution in [0.15, 0.2) is 36.4 Å². The van der Waals surface area contributed by atoms with Crippen LogP contribution in [0.3, 0.4) is 0 Å². The number of nitrogens with one attached hydrogen (secondary N) is 1. The molecule has 0 bridgehead atoms. The molecule has 0 saturated carbocycles. The molecule has 1 aliphatic carbocycles. The predicted octanol–water partition coefficient (Wildman–Crippen LogP) is 2.63. The molecule has 1 aromatic rings. The van der Waals surface area contributed by atoms with Crippen molar-refractivity contribution in [2.24, 2.45) is 5.92 Å². The van der Waals surface area contributed by atoms with Crippen LogP contribution in [0.2, 0.25) is 0 Å². The molecular weight excluding hydrogens is 278 g/mol. The monoisotopic (exact) mass is 303 g/mol. The van der Waals surface area contributed by atoms with E-state index in [0.717, 1.165) is 12.2 Å². The maximum Gasteiger partial charge on any atom is 0.223 e. The largest absolute Gasteiger partial charge is 0.493 e. The highest BCUT2D eigenvalue weighted by molar-refractivity contribution is 5.76. The fourth-order valence-electron chi connectivity index (χ4n) is 2.51. The van der Waals surface area contributed by atoms with Crippen LogP contribution in [0.4, 0.5) is 0 Å². The first-order chi connectivity index (χ1) is 10.6. The molecule has 4 heteroatoms. The minimum absolute atomic E-state index is 0.0213. The second kappa shape index (κ2) is 7.99. The molecule has 2 N–H and O–H groups in total. The lowest BCUT2D eigenvalue weighted by Gasteiger charge is -2.13. The van der Waals surface area contributed by atoms with Crippen molar-refractivity contribution in [3.05, 3.63) is 42.0 Å². The number of ether oxygens (including phenoxy) is 1. The highest BCUT2D eigenvalue weighted by Gasteiger charge is 2.19. The number of aliphatic hydroxyl groups is 1. The highest BCUT2D eigenvalue weighted by Crippen LogP contribution is 2.19. The number of carbonyl (C=O) groups excluding carboxylic acids is 1. The molecule has 0 spiro atoms. The van der Waals surface area contributed by atoms with Crippen molar-refractivity contribution in [3.8, 4) is 5.75 Å². The van der Waals surface area contributed by atoms with Gasteiger partial charge in [-0.15, -0.1) is 0 Å². The Balaban J connectivity index is 1.68. The topological polar surface area (TPSA) is 58.6 Å².